The van der Waals surface area contributed by atoms with Crippen LogP contribution in [0.3, 0.4) is 0 Å². The Morgan fingerprint density at radius 2 is 2.00 bits per heavy atom. The molecule has 0 aromatic rings. The van der Waals surface area contributed by atoms with Gasteiger partial charge in [0.15, 0.2) is 0 Å². The first-order chi connectivity index (χ1) is 4.74. The van der Waals surface area contributed by atoms with E-state index in [1.165, 1.54) is 14.2 Å². The zero-order valence-electron chi connectivity index (χ0n) is 5.99. The number of carbonyl (C=O) groups excluding carboxylic acids is 1. The van der Waals surface area contributed by atoms with E-state index >= 15 is 0 Å². The molecule has 0 aromatic carbocycles. The Hall–Kier alpha value is -0.870. The van der Waals surface area contributed by atoms with Crippen molar-refractivity contribution < 1.29 is 19.0 Å². The number of hydrogen-bond donors (Lipinski definition) is 0. The highest BCUT2D eigenvalue weighted by Gasteiger charge is 2.07. The van der Waals surface area contributed by atoms with Crippen LogP contribution in [-0.4, -0.2) is 26.7 Å². The zero-order chi connectivity index (χ0) is 7.98. The molecule has 0 radical (unpaired) electrons. The molecule has 0 aliphatic rings. The van der Waals surface area contributed by atoms with E-state index in [4.69, 9.17) is 0 Å². The smallest absolute Gasteiger partial charge is 0.334 e. The summed E-state index contributed by atoms with van der Waals surface area (Å²) in [5.41, 5.74) is 0. The van der Waals surface area contributed by atoms with Crippen molar-refractivity contribution in [2.75, 3.05) is 14.2 Å². The summed E-state index contributed by atoms with van der Waals surface area (Å²) in [7, 11) is 2.73. The standard InChI is InChI=1S/C6H10O4/c1-4-5(7)10-6(8-2)9-3/h4,6H,1H2,2-3H3. The van der Waals surface area contributed by atoms with Crippen LogP contribution in [0.1, 0.15) is 0 Å². The lowest BCUT2D eigenvalue weighted by molar-refractivity contribution is -0.252. The molecule has 0 amide bonds. The predicted octanol–water partition coefficient (Wildman–Crippen LogP) is 0.292. The third-order valence-corrected chi connectivity index (χ3v) is 0.764. The Balaban J connectivity index is 3.62. The SMILES string of the molecule is C=CC(=O)OC(OC)OC. The molecule has 0 N–H and O–H groups in total. The third-order valence-electron chi connectivity index (χ3n) is 0.764. The van der Waals surface area contributed by atoms with Crippen LogP contribution >= 0.6 is 0 Å². The normalized spacial score (nSPS) is 9.50. The number of esters is 1. The molecule has 0 rings (SSSR count). The number of rotatable bonds is 4. The second-order valence-electron chi connectivity index (χ2n) is 1.40. The van der Waals surface area contributed by atoms with Crippen LogP contribution in [0, 0.1) is 0 Å². The molecular weight excluding hydrogens is 136 g/mol. The van der Waals surface area contributed by atoms with Gasteiger partial charge in [-0.05, 0) is 0 Å². The average Bonchev–Trinajstić information content (AvgIpc) is 1.99. The molecule has 0 spiro atoms. The van der Waals surface area contributed by atoms with Crippen LogP contribution in [0.25, 0.3) is 0 Å². The van der Waals surface area contributed by atoms with Crippen molar-refractivity contribution in [2.24, 2.45) is 0 Å². The minimum atomic E-state index is -0.939. The van der Waals surface area contributed by atoms with Crippen LogP contribution in [0.2, 0.25) is 0 Å². The van der Waals surface area contributed by atoms with E-state index in [0.717, 1.165) is 6.08 Å². The summed E-state index contributed by atoms with van der Waals surface area (Å²) in [6, 6.07) is 0. The first kappa shape index (κ1) is 9.13. The molecular formula is C6H10O4. The molecule has 10 heavy (non-hydrogen) atoms. The van der Waals surface area contributed by atoms with Gasteiger partial charge in [-0.1, -0.05) is 6.58 Å². The highest BCUT2D eigenvalue weighted by molar-refractivity contribution is 5.81. The van der Waals surface area contributed by atoms with Gasteiger partial charge in [0.25, 0.3) is 0 Å². The van der Waals surface area contributed by atoms with Gasteiger partial charge in [-0.25, -0.2) is 4.79 Å². The van der Waals surface area contributed by atoms with Gasteiger partial charge in [-0.3, -0.25) is 0 Å². The lowest BCUT2D eigenvalue weighted by atomic mass is 10.7. The molecule has 0 saturated heterocycles. The molecule has 0 saturated carbocycles. The molecule has 0 bridgehead atoms. The van der Waals surface area contributed by atoms with Gasteiger partial charge in [-0.2, -0.15) is 0 Å². The molecule has 4 nitrogen and oxygen atoms in total. The van der Waals surface area contributed by atoms with E-state index in [9.17, 15) is 4.79 Å². The molecule has 0 fully saturated rings. The van der Waals surface area contributed by atoms with Gasteiger partial charge in [-0.15, -0.1) is 0 Å². The molecule has 0 unspecified atom stereocenters. The van der Waals surface area contributed by atoms with Crippen molar-refractivity contribution in [3.63, 3.8) is 0 Å². The minimum Gasteiger partial charge on any atom is -0.407 e. The molecule has 0 aromatic heterocycles. The van der Waals surface area contributed by atoms with Crippen LogP contribution in [0.5, 0.6) is 0 Å². The number of carbonyl (C=O) groups is 1. The highest BCUT2D eigenvalue weighted by Crippen LogP contribution is 1.93. The largest absolute Gasteiger partial charge is 0.407 e. The fraction of sp³-hybridized carbons (Fsp3) is 0.500. The van der Waals surface area contributed by atoms with E-state index in [1.807, 2.05) is 0 Å². The third kappa shape index (κ3) is 3.21. The molecule has 0 aliphatic heterocycles. The first-order valence-electron chi connectivity index (χ1n) is 2.63. The number of hydrogen-bond acceptors (Lipinski definition) is 4. The van der Waals surface area contributed by atoms with Gasteiger partial charge >= 0.3 is 12.4 Å². The first-order valence-corrected chi connectivity index (χ1v) is 2.63. The monoisotopic (exact) mass is 146 g/mol. The second-order valence-corrected chi connectivity index (χ2v) is 1.40. The van der Waals surface area contributed by atoms with Crippen molar-refractivity contribution in [3.8, 4) is 0 Å². The lowest BCUT2D eigenvalue weighted by Crippen LogP contribution is -2.20. The van der Waals surface area contributed by atoms with Crippen molar-refractivity contribution in [2.45, 2.75) is 6.48 Å². The van der Waals surface area contributed by atoms with Crippen molar-refractivity contribution in [1.29, 1.82) is 0 Å². The Morgan fingerprint density at radius 1 is 1.50 bits per heavy atom. The van der Waals surface area contributed by atoms with Crippen molar-refractivity contribution >= 4 is 5.97 Å². The average molecular weight is 146 g/mol. The maximum Gasteiger partial charge on any atom is 0.334 e. The van der Waals surface area contributed by atoms with Crippen LogP contribution in [0.15, 0.2) is 12.7 Å². The molecule has 0 atom stereocenters. The fourth-order valence-electron chi connectivity index (χ4n) is 0.335. The van der Waals surface area contributed by atoms with Crippen molar-refractivity contribution in [1.82, 2.24) is 0 Å². The summed E-state index contributed by atoms with van der Waals surface area (Å²) in [4.78, 5) is 10.4. The predicted molar refractivity (Wildman–Crippen MR) is 34.1 cm³/mol. The van der Waals surface area contributed by atoms with E-state index in [-0.39, 0.29) is 0 Å². The van der Waals surface area contributed by atoms with Gasteiger partial charge in [0.2, 0.25) is 0 Å². The van der Waals surface area contributed by atoms with E-state index in [1.54, 1.807) is 0 Å². The minimum absolute atomic E-state index is 0.575. The molecule has 0 aliphatic carbocycles. The van der Waals surface area contributed by atoms with Gasteiger partial charge < -0.3 is 14.2 Å². The Labute approximate surface area is 59.4 Å². The van der Waals surface area contributed by atoms with E-state index in [2.05, 4.69) is 20.8 Å². The maximum absolute atomic E-state index is 10.4. The van der Waals surface area contributed by atoms with Gasteiger partial charge in [0, 0.05) is 20.3 Å². The summed E-state index contributed by atoms with van der Waals surface area (Å²) >= 11 is 0. The Bertz CT molecular complexity index is 117. The molecule has 58 valence electrons. The second kappa shape index (κ2) is 4.96. The molecule has 0 heterocycles. The van der Waals surface area contributed by atoms with Crippen molar-refractivity contribution in [3.05, 3.63) is 12.7 Å². The van der Waals surface area contributed by atoms with Gasteiger partial charge in [0.1, 0.15) is 0 Å². The highest BCUT2D eigenvalue weighted by atomic mass is 16.8. The summed E-state index contributed by atoms with van der Waals surface area (Å²) in [5.74, 6) is -0.575. The summed E-state index contributed by atoms with van der Waals surface area (Å²) in [5, 5.41) is 0. The summed E-state index contributed by atoms with van der Waals surface area (Å²) < 4.78 is 13.6. The number of ether oxygens (including phenoxy) is 3. The fourth-order valence-corrected chi connectivity index (χ4v) is 0.335. The van der Waals surface area contributed by atoms with E-state index < -0.39 is 12.4 Å². The molecule has 4 heteroatoms. The summed E-state index contributed by atoms with van der Waals surface area (Å²) in [6.07, 6.45) is 1.03. The quantitative estimate of drug-likeness (QED) is 0.325. The topological polar surface area (TPSA) is 44.8 Å². The van der Waals surface area contributed by atoms with Crippen LogP contribution < -0.4 is 0 Å². The number of methoxy groups -OCH3 is 2. The van der Waals surface area contributed by atoms with Crippen LogP contribution in [-0.2, 0) is 19.0 Å². The van der Waals surface area contributed by atoms with Crippen LogP contribution in [0.4, 0.5) is 0 Å². The zero-order valence-corrected chi connectivity index (χ0v) is 5.99. The van der Waals surface area contributed by atoms with E-state index in [0.29, 0.717) is 0 Å². The summed E-state index contributed by atoms with van der Waals surface area (Å²) in [6.45, 7) is 2.26. The Morgan fingerprint density at radius 3 is 2.30 bits per heavy atom. The lowest BCUT2D eigenvalue weighted by Gasteiger charge is -2.11. The van der Waals surface area contributed by atoms with Gasteiger partial charge in [0.05, 0.1) is 0 Å². The Kier molecular flexibility index (Phi) is 4.53. The maximum atomic E-state index is 10.4.